The minimum Gasteiger partial charge on any atom is -0.481 e. The first-order valence-corrected chi connectivity index (χ1v) is 15.3. The number of nitrogens with one attached hydrogen (secondary N) is 3. The van der Waals surface area contributed by atoms with Crippen LogP contribution in [0.1, 0.15) is 55.7 Å². The van der Waals surface area contributed by atoms with E-state index in [1.165, 1.54) is 0 Å². The Labute approximate surface area is 267 Å². The predicted octanol–water partition coefficient (Wildman–Crippen LogP) is 4.10. The Hall–Kier alpha value is -5.19. The van der Waals surface area contributed by atoms with Gasteiger partial charge in [-0.3, -0.25) is 14.4 Å². The lowest BCUT2D eigenvalue weighted by atomic mass is 9.96. The fourth-order valence-electron chi connectivity index (χ4n) is 5.58. The third-order valence-electron chi connectivity index (χ3n) is 8.29. The Kier molecular flexibility index (Phi) is 11.5. The summed E-state index contributed by atoms with van der Waals surface area (Å²) >= 11 is 0. The Morgan fingerprint density at radius 1 is 0.761 bits per heavy atom. The van der Waals surface area contributed by atoms with E-state index in [9.17, 15) is 29.1 Å². The molecule has 5 N–H and O–H groups in total. The number of fused-ring (bicyclic) bond motifs is 3. The molecule has 0 spiro atoms. The van der Waals surface area contributed by atoms with E-state index in [1.54, 1.807) is 31.2 Å². The predicted molar refractivity (Wildman–Crippen MR) is 170 cm³/mol. The first kappa shape index (κ1) is 33.7. The van der Waals surface area contributed by atoms with E-state index in [2.05, 4.69) is 16.0 Å². The van der Waals surface area contributed by atoms with Crippen LogP contribution >= 0.6 is 0 Å². The molecule has 46 heavy (non-hydrogen) atoms. The minimum absolute atomic E-state index is 0.0460. The molecule has 1 aliphatic carbocycles. The van der Waals surface area contributed by atoms with Gasteiger partial charge in [-0.05, 0) is 40.2 Å². The summed E-state index contributed by atoms with van der Waals surface area (Å²) in [6, 6.07) is 21.2. The number of rotatable bonds is 15. The maximum Gasteiger partial charge on any atom is 0.407 e. The van der Waals surface area contributed by atoms with Gasteiger partial charge in [0, 0.05) is 18.8 Å². The third kappa shape index (κ3) is 8.50. The summed E-state index contributed by atoms with van der Waals surface area (Å²) in [5.74, 6) is -4.60. The molecule has 3 aromatic carbocycles. The number of aliphatic carboxylic acids is 2. The van der Waals surface area contributed by atoms with Crippen LogP contribution in [-0.4, -0.2) is 64.8 Å². The van der Waals surface area contributed by atoms with Crippen molar-refractivity contribution in [2.45, 2.75) is 63.6 Å². The van der Waals surface area contributed by atoms with Crippen LogP contribution in [0.4, 0.5) is 4.79 Å². The van der Waals surface area contributed by atoms with Gasteiger partial charge in [-0.2, -0.15) is 0 Å². The van der Waals surface area contributed by atoms with Crippen LogP contribution < -0.4 is 16.0 Å². The van der Waals surface area contributed by atoms with Gasteiger partial charge in [0.05, 0.1) is 0 Å². The second-order valence-electron chi connectivity index (χ2n) is 11.4. The van der Waals surface area contributed by atoms with E-state index in [0.29, 0.717) is 6.42 Å². The van der Waals surface area contributed by atoms with Crippen molar-refractivity contribution < 1.29 is 38.9 Å². The van der Waals surface area contributed by atoms with E-state index in [-0.39, 0.29) is 25.4 Å². The molecule has 0 fully saturated rings. The Morgan fingerprint density at radius 2 is 1.35 bits per heavy atom. The maximum atomic E-state index is 13.7. The van der Waals surface area contributed by atoms with Gasteiger partial charge in [-0.1, -0.05) is 99.1 Å². The van der Waals surface area contributed by atoms with Crippen molar-refractivity contribution in [3.63, 3.8) is 0 Å². The number of carboxylic acids is 2. The summed E-state index contributed by atoms with van der Waals surface area (Å²) in [4.78, 5) is 62.8. The largest absolute Gasteiger partial charge is 0.481 e. The highest BCUT2D eigenvalue weighted by molar-refractivity contribution is 5.93. The van der Waals surface area contributed by atoms with Crippen molar-refractivity contribution in [2.24, 2.45) is 5.92 Å². The summed E-state index contributed by atoms with van der Waals surface area (Å²) in [5, 5.41) is 26.2. The standard InChI is InChI=1S/C35H39N3O8/c1-3-21(2)31(33(42)36-28(34(43)44)17-18-30(39)40)38-32(41)29(19-22-11-5-4-6-12-22)37-35(45)46-20-27-25-15-9-7-13-23(25)24-14-8-10-16-26(24)27/h4-16,21,27-29,31H,3,17-20H2,1-2H3,(H,36,42)(H,37,45)(H,38,41)(H,39,40)(H,43,44)/t21-,28-,29-,31-/m0/s1. The third-order valence-corrected chi connectivity index (χ3v) is 8.29. The van der Waals surface area contributed by atoms with E-state index >= 15 is 0 Å². The van der Waals surface area contributed by atoms with Crippen molar-refractivity contribution in [1.82, 2.24) is 16.0 Å². The van der Waals surface area contributed by atoms with Crippen LogP contribution in [0.5, 0.6) is 0 Å². The molecule has 3 amide bonds. The molecule has 4 atom stereocenters. The molecule has 11 nitrogen and oxygen atoms in total. The van der Waals surface area contributed by atoms with Crippen LogP contribution in [0, 0.1) is 5.92 Å². The number of benzene rings is 3. The van der Waals surface area contributed by atoms with Gasteiger partial charge in [0.25, 0.3) is 0 Å². The average Bonchev–Trinajstić information content (AvgIpc) is 3.37. The highest BCUT2D eigenvalue weighted by Gasteiger charge is 2.34. The Bertz CT molecular complexity index is 1510. The Balaban J connectivity index is 1.48. The molecule has 242 valence electrons. The number of carbonyl (C=O) groups excluding carboxylic acids is 3. The fourth-order valence-corrected chi connectivity index (χ4v) is 5.58. The molecule has 0 bridgehead atoms. The molecule has 4 rings (SSSR count). The first-order chi connectivity index (χ1) is 22.1. The number of alkyl carbamates (subject to hydrolysis) is 1. The summed E-state index contributed by atoms with van der Waals surface area (Å²) in [6.45, 7) is 3.58. The summed E-state index contributed by atoms with van der Waals surface area (Å²) in [6.07, 6.45) is -1.02. The number of hydrogen-bond acceptors (Lipinski definition) is 6. The molecule has 0 heterocycles. The summed E-state index contributed by atoms with van der Waals surface area (Å²) in [5.41, 5.74) is 5.00. The van der Waals surface area contributed by atoms with Gasteiger partial charge in [-0.15, -0.1) is 0 Å². The minimum atomic E-state index is -1.45. The zero-order valence-corrected chi connectivity index (χ0v) is 25.8. The zero-order valence-electron chi connectivity index (χ0n) is 25.8. The van der Waals surface area contributed by atoms with Crippen molar-refractivity contribution in [3.8, 4) is 11.1 Å². The maximum absolute atomic E-state index is 13.7. The SMILES string of the molecule is CC[C@H](C)[C@H](NC(=O)[C@H](Cc1ccccc1)NC(=O)OCC1c2ccccc2-c2ccccc21)C(=O)N[C@@H](CCC(=O)O)C(=O)O. The smallest absolute Gasteiger partial charge is 0.407 e. The van der Waals surface area contributed by atoms with Crippen molar-refractivity contribution >= 4 is 29.8 Å². The number of carboxylic acid groups (broad SMARTS) is 2. The first-order valence-electron chi connectivity index (χ1n) is 15.3. The molecular weight excluding hydrogens is 590 g/mol. The molecule has 0 aromatic heterocycles. The molecule has 0 aliphatic heterocycles. The lowest BCUT2D eigenvalue weighted by Gasteiger charge is -2.27. The molecule has 0 radical (unpaired) electrons. The van der Waals surface area contributed by atoms with Crippen LogP contribution in [0.15, 0.2) is 78.9 Å². The van der Waals surface area contributed by atoms with Crippen LogP contribution in [0.2, 0.25) is 0 Å². The molecule has 0 saturated heterocycles. The van der Waals surface area contributed by atoms with Crippen molar-refractivity contribution in [1.29, 1.82) is 0 Å². The van der Waals surface area contributed by atoms with E-state index in [1.807, 2.05) is 61.5 Å². The zero-order chi connectivity index (χ0) is 33.2. The lowest BCUT2D eigenvalue weighted by Crippen LogP contribution is -2.58. The molecule has 3 aromatic rings. The quantitative estimate of drug-likeness (QED) is 0.167. The van der Waals surface area contributed by atoms with Gasteiger partial charge >= 0.3 is 18.0 Å². The molecule has 0 unspecified atom stereocenters. The topological polar surface area (TPSA) is 171 Å². The van der Waals surface area contributed by atoms with Crippen molar-refractivity contribution in [2.75, 3.05) is 6.61 Å². The Morgan fingerprint density at radius 3 is 1.91 bits per heavy atom. The van der Waals surface area contributed by atoms with Crippen LogP contribution in [0.25, 0.3) is 11.1 Å². The molecule has 1 aliphatic rings. The average molecular weight is 630 g/mol. The number of amides is 3. The monoisotopic (exact) mass is 629 g/mol. The van der Waals surface area contributed by atoms with Gasteiger partial charge in [-0.25, -0.2) is 9.59 Å². The molecular formula is C35H39N3O8. The lowest BCUT2D eigenvalue weighted by molar-refractivity contribution is -0.143. The number of hydrogen-bond donors (Lipinski definition) is 5. The van der Waals surface area contributed by atoms with E-state index < -0.39 is 60.3 Å². The molecule has 0 saturated carbocycles. The fraction of sp³-hybridized carbons (Fsp3) is 0.343. The van der Waals surface area contributed by atoms with Gasteiger partial charge in [0.1, 0.15) is 24.7 Å². The van der Waals surface area contributed by atoms with E-state index in [4.69, 9.17) is 9.84 Å². The van der Waals surface area contributed by atoms with Gasteiger partial charge in [0.15, 0.2) is 0 Å². The van der Waals surface area contributed by atoms with Crippen LogP contribution in [0.3, 0.4) is 0 Å². The second kappa shape index (κ2) is 15.7. The number of ether oxygens (including phenoxy) is 1. The van der Waals surface area contributed by atoms with Crippen LogP contribution in [-0.2, 0) is 30.3 Å². The highest BCUT2D eigenvalue weighted by Crippen LogP contribution is 2.44. The van der Waals surface area contributed by atoms with Crippen molar-refractivity contribution in [3.05, 3.63) is 95.6 Å². The summed E-state index contributed by atoms with van der Waals surface area (Å²) < 4.78 is 5.68. The number of carbonyl (C=O) groups is 5. The highest BCUT2D eigenvalue weighted by atomic mass is 16.5. The summed E-state index contributed by atoms with van der Waals surface area (Å²) in [7, 11) is 0. The van der Waals surface area contributed by atoms with E-state index in [0.717, 1.165) is 27.8 Å². The molecule has 11 heteroatoms. The normalized spacial score (nSPS) is 14.5. The second-order valence-corrected chi connectivity index (χ2v) is 11.4. The van der Waals surface area contributed by atoms with Gasteiger partial charge < -0.3 is 30.9 Å². The van der Waals surface area contributed by atoms with Gasteiger partial charge in [0.2, 0.25) is 11.8 Å².